The van der Waals surface area contributed by atoms with Gasteiger partial charge in [0.1, 0.15) is 24.4 Å². The van der Waals surface area contributed by atoms with Crippen molar-refractivity contribution in [1.29, 1.82) is 0 Å². The lowest BCUT2D eigenvalue weighted by molar-refractivity contribution is -0.302. The van der Waals surface area contributed by atoms with E-state index in [0.29, 0.717) is 12.8 Å². The van der Waals surface area contributed by atoms with E-state index in [-0.39, 0.29) is 12.5 Å². The van der Waals surface area contributed by atoms with Crippen molar-refractivity contribution in [3.63, 3.8) is 0 Å². The first-order chi connectivity index (χ1) is 33.8. The van der Waals surface area contributed by atoms with Gasteiger partial charge in [-0.1, -0.05) is 303 Å². The summed E-state index contributed by atoms with van der Waals surface area (Å²) in [4.78, 5) is 13.0. The zero-order valence-corrected chi connectivity index (χ0v) is 45.9. The number of carbonyl (C=O) groups excluding carboxylic acids is 1. The van der Waals surface area contributed by atoms with E-state index in [9.17, 15) is 30.3 Å². The average molecular weight is 983 g/mol. The summed E-state index contributed by atoms with van der Waals surface area (Å²) in [6.45, 7) is 3.85. The van der Waals surface area contributed by atoms with Crippen molar-refractivity contribution in [3.05, 3.63) is 0 Å². The molecule has 1 amide bonds. The summed E-state index contributed by atoms with van der Waals surface area (Å²) in [5.74, 6) is -0.138. The normalized spacial score (nSPS) is 19.3. The number of amides is 1. The van der Waals surface area contributed by atoms with Crippen LogP contribution < -0.4 is 5.32 Å². The van der Waals surface area contributed by atoms with Crippen LogP contribution in [0.25, 0.3) is 0 Å². The lowest BCUT2D eigenvalue weighted by Gasteiger charge is -2.40. The van der Waals surface area contributed by atoms with Gasteiger partial charge in [-0.05, 0) is 12.8 Å². The number of hydrogen-bond acceptors (Lipinski definition) is 8. The van der Waals surface area contributed by atoms with Gasteiger partial charge in [-0.25, -0.2) is 0 Å². The molecule has 7 unspecified atom stereocenters. The molecule has 6 N–H and O–H groups in total. The Morgan fingerprint density at radius 3 is 1.03 bits per heavy atom. The smallest absolute Gasteiger partial charge is 0.220 e. The van der Waals surface area contributed by atoms with Gasteiger partial charge >= 0.3 is 0 Å². The Bertz CT molecular complexity index is 1050. The van der Waals surface area contributed by atoms with E-state index in [4.69, 9.17) is 9.47 Å². The van der Waals surface area contributed by atoms with Gasteiger partial charge < -0.3 is 40.3 Å². The highest BCUT2D eigenvalue weighted by Gasteiger charge is 2.44. The van der Waals surface area contributed by atoms with Crippen molar-refractivity contribution in [2.75, 3.05) is 13.2 Å². The number of aliphatic hydroxyl groups excluding tert-OH is 5. The van der Waals surface area contributed by atoms with Crippen LogP contribution in [-0.4, -0.2) is 87.5 Å². The molecule has 1 saturated heterocycles. The van der Waals surface area contributed by atoms with Crippen LogP contribution in [0.5, 0.6) is 0 Å². The summed E-state index contributed by atoms with van der Waals surface area (Å²) in [6.07, 6.45) is 54.7. The first-order valence-corrected chi connectivity index (χ1v) is 30.7. The molecule has 7 atom stereocenters. The van der Waals surface area contributed by atoms with E-state index in [1.54, 1.807) is 0 Å². The second kappa shape index (κ2) is 50.7. The molecule has 0 aliphatic carbocycles. The third-order valence-electron chi connectivity index (χ3n) is 15.2. The lowest BCUT2D eigenvalue weighted by Crippen LogP contribution is -2.60. The SMILES string of the molecule is CCCCCCCCCCCCCCCCCCCCCCCCCCCCCCCCCCCCCCC(=O)NC(COC1OC(CO)C(O)C(O)C1O)C(O)CCCCCCCCCCCC. The number of ether oxygens (including phenoxy) is 2. The van der Waals surface area contributed by atoms with Crippen molar-refractivity contribution in [1.82, 2.24) is 5.32 Å². The maximum absolute atomic E-state index is 13.0. The van der Waals surface area contributed by atoms with Gasteiger partial charge in [-0.3, -0.25) is 4.79 Å². The molecule has 1 fully saturated rings. The molecule has 0 spiro atoms. The highest BCUT2D eigenvalue weighted by atomic mass is 16.7. The molecular weight excluding hydrogens is 863 g/mol. The standard InChI is InChI=1S/C60H119NO8/c1-3-5-7-9-11-13-15-16-17-18-19-20-21-22-23-24-25-26-27-28-29-30-31-32-33-34-35-36-37-38-39-40-42-44-46-48-50-56(64)61-53(52-68-60-59(67)58(66)57(65)55(51-62)69-60)54(63)49-47-45-43-41-14-12-10-8-6-4-2/h53-55,57-60,62-63,65-67H,3-52H2,1-2H3,(H,61,64). The Morgan fingerprint density at radius 1 is 0.435 bits per heavy atom. The fourth-order valence-electron chi connectivity index (χ4n) is 10.3. The van der Waals surface area contributed by atoms with Crippen LogP contribution in [0.15, 0.2) is 0 Å². The average Bonchev–Trinajstić information content (AvgIpc) is 3.35. The summed E-state index contributed by atoms with van der Waals surface area (Å²) in [5, 5.41) is 54.5. The van der Waals surface area contributed by atoms with Gasteiger partial charge in [0.05, 0.1) is 25.4 Å². The molecule has 0 aromatic heterocycles. The molecule has 1 rings (SSSR count). The fourth-order valence-corrected chi connectivity index (χ4v) is 10.3. The quantitative estimate of drug-likeness (QED) is 0.0330. The molecular formula is C60H119NO8. The monoisotopic (exact) mass is 982 g/mol. The van der Waals surface area contributed by atoms with Crippen LogP contribution in [0.2, 0.25) is 0 Å². The minimum absolute atomic E-state index is 0.132. The van der Waals surface area contributed by atoms with Gasteiger partial charge in [-0.2, -0.15) is 0 Å². The van der Waals surface area contributed by atoms with Crippen LogP contribution in [0.1, 0.15) is 322 Å². The summed E-state index contributed by atoms with van der Waals surface area (Å²) in [6, 6.07) is -0.712. The maximum atomic E-state index is 13.0. The van der Waals surface area contributed by atoms with Crippen LogP contribution >= 0.6 is 0 Å². The van der Waals surface area contributed by atoms with Crippen LogP contribution in [0.4, 0.5) is 0 Å². The number of unbranched alkanes of at least 4 members (excludes halogenated alkanes) is 44. The largest absolute Gasteiger partial charge is 0.394 e. The molecule has 1 aliphatic heterocycles. The van der Waals surface area contributed by atoms with Gasteiger partial charge in [0.2, 0.25) is 5.91 Å². The minimum atomic E-state index is -1.55. The molecule has 0 saturated carbocycles. The number of carbonyl (C=O) groups is 1. The van der Waals surface area contributed by atoms with E-state index < -0.39 is 49.5 Å². The summed E-state index contributed by atoms with van der Waals surface area (Å²) >= 11 is 0. The van der Waals surface area contributed by atoms with Crippen LogP contribution in [0, 0.1) is 0 Å². The molecule has 9 heteroatoms. The Kier molecular flexibility index (Phi) is 48.7. The van der Waals surface area contributed by atoms with Crippen molar-refractivity contribution in [2.45, 2.75) is 365 Å². The predicted molar refractivity (Wildman–Crippen MR) is 291 cm³/mol. The second-order valence-electron chi connectivity index (χ2n) is 21.9. The van der Waals surface area contributed by atoms with Gasteiger partial charge in [-0.15, -0.1) is 0 Å². The highest BCUT2D eigenvalue weighted by molar-refractivity contribution is 5.76. The maximum Gasteiger partial charge on any atom is 0.220 e. The van der Waals surface area contributed by atoms with E-state index in [1.165, 1.54) is 257 Å². The molecule has 0 aromatic rings. The summed E-state index contributed by atoms with van der Waals surface area (Å²) < 4.78 is 11.3. The van der Waals surface area contributed by atoms with Crippen LogP contribution in [-0.2, 0) is 14.3 Å². The summed E-state index contributed by atoms with van der Waals surface area (Å²) in [7, 11) is 0. The lowest BCUT2D eigenvalue weighted by atomic mass is 9.99. The van der Waals surface area contributed by atoms with Gasteiger partial charge in [0.15, 0.2) is 6.29 Å². The van der Waals surface area contributed by atoms with Crippen molar-refractivity contribution < 1.29 is 39.8 Å². The Balaban J connectivity index is 1.99. The zero-order chi connectivity index (χ0) is 50.1. The van der Waals surface area contributed by atoms with E-state index >= 15 is 0 Å². The Hall–Kier alpha value is -0.810. The molecule has 0 aromatic carbocycles. The van der Waals surface area contributed by atoms with Crippen molar-refractivity contribution in [2.24, 2.45) is 0 Å². The Labute approximate surface area is 427 Å². The Morgan fingerprint density at radius 2 is 0.725 bits per heavy atom. The van der Waals surface area contributed by atoms with Crippen LogP contribution in [0.3, 0.4) is 0 Å². The molecule has 0 radical (unpaired) electrons. The number of hydrogen-bond donors (Lipinski definition) is 6. The molecule has 1 heterocycles. The van der Waals surface area contributed by atoms with Crippen molar-refractivity contribution in [3.8, 4) is 0 Å². The number of nitrogens with one attached hydrogen (secondary N) is 1. The third kappa shape index (κ3) is 40.3. The highest BCUT2D eigenvalue weighted by Crippen LogP contribution is 2.24. The predicted octanol–water partition coefficient (Wildman–Crippen LogP) is 15.4. The minimum Gasteiger partial charge on any atom is -0.394 e. The van der Waals surface area contributed by atoms with Gasteiger partial charge in [0.25, 0.3) is 0 Å². The number of rotatable bonds is 54. The second-order valence-corrected chi connectivity index (χ2v) is 21.9. The first kappa shape index (κ1) is 66.2. The fraction of sp³-hybridized carbons (Fsp3) is 0.983. The van der Waals surface area contributed by atoms with Crippen molar-refractivity contribution >= 4 is 5.91 Å². The first-order valence-electron chi connectivity index (χ1n) is 30.7. The molecule has 69 heavy (non-hydrogen) atoms. The van der Waals surface area contributed by atoms with E-state index in [0.717, 1.165) is 38.5 Å². The van der Waals surface area contributed by atoms with E-state index in [1.807, 2.05) is 0 Å². The summed E-state index contributed by atoms with van der Waals surface area (Å²) in [5.41, 5.74) is 0. The third-order valence-corrected chi connectivity index (χ3v) is 15.2. The topological polar surface area (TPSA) is 149 Å². The molecule has 1 aliphatic rings. The number of aliphatic hydroxyl groups is 5. The van der Waals surface area contributed by atoms with Gasteiger partial charge in [0, 0.05) is 6.42 Å². The molecule has 9 nitrogen and oxygen atoms in total. The molecule has 0 bridgehead atoms. The van der Waals surface area contributed by atoms with E-state index in [2.05, 4.69) is 19.2 Å². The zero-order valence-electron chi connectivity index (χ0n) is 45.9. The molecule has 412 valence electrons.